The molecule has 0 radical (unpaired) electrons. The van der Waals surface area contributed by atoms with Gasteiger partial charge in [0.2, 0.25) is 0 Å². The molecule has 1 unspecified atom stereocenters. The molecule has 0 spiro atoms. The van der Waals surface area contributed by atoms with Gasteiger partial charge in [0.1, 0.15) is 17.2 Å². The number of carboxylic acid groups (broad SMARTS) is 1. The number of carbonyl (C=O) groups excluding carboxylic acids is 1. The number of hydrogen-bond acceptors (Lipinski definition) is 6. The molecule has 2 heterocycles. The summed E-state index contributed by atoms with van der Waals surface area (Å²) in [6.45, 7) is 3.65. The van der Waals surface area contributed by atoms with Crippen molar-refractivity contribution in [3.05, 3.63) is 83.3 Å². The van der Waals surface area contributed by atoms with E-state index in [1.807, 2.05) is 73.5 Å². The van der Waals surface area contributed by atoms with Crippen LogP contribution in [0.5, 0.6) is 0 Å². The fourth-order valence-corrected chi connectivity index (χ4v) is 4.18. The number of benzene rings is 2. The first-order valence-electron chi connectivity index (χ1n) is 11.9. The number of ether oxygens (including phenoxy) is 1. The Morgan fingerprint density at radius 1 is 1.17 bits per heavy atom. The normalized spacial score (nSPS) is 14.2. The van der Waals surface area contributed by atoms with Crippen LogP contribution in [-0.2, 0) is 11.3 Å². The number of hydrogen-bond donors (Lipinski definition) is 1. The standard InChI is InChI=1S/C27H31N5O4/c1-19-28-17-23-25(29-19)30(2)14-15-32(26(23)33)22-11-7-8-20(16-22)18-36-24(12-13-31(3)27(34)35)21-9-5-4-6-10-21/h4-11,16-17,24H,12-15,18H2,1-3H3,(H,34,35). The lowest BCUT2D eigenvalue weighted by Crippen LogP contribution is -2.33. The van der Waals surface area contributed by atoms with Gasteiger partial charge in [0, 0.05) is 45.6 Å². The Morgan fingerprint density at radius 3 is 2.69 bits per heavy atom. The van der Waals surface area contributed by atoms with Crippen molar-refractivity contribution in [2.24, 2.45) is 0 Å². The lowest BCUT2D eigenvalue weighted by Gasteiger charge is -2.23. The van der Waals surface area contributed by atoms with E-state index >= 15 is 0 Å². The lowest BCUT2D eigenvalue weighted by molar-refractivity contribution is 0.0288. The van der Waals surface area contributed by atoms with E-state index in [9.17, 15) is 14.7 Å². The summed E-state index contributed by atoms with van der Waals surface area (Å²) in [5.41, 5.74) is 3.18. The molecule has 9 nitrogen and oxygen atoms in total. The van der Waals surface area contributed by atoms with Crippen molar-refractivity contribution in [1.82, 2.24) is 14.9 Å². The second-order valence-electron chi connectivity index (χ2n) is 8.91. The molecule has 188 valence electrons. The second kappa shape index (κ2) is 11.2. The van der Waals surface area contributed by atoms with E-state index < -0.39 is 6.09 Å². The molecular formula is C27H31N5O4. The molecule has 3 aromatic rings. The Bertz CT molecular complexity index is 1220. The Balaban J connectivity index is 1.51. The number of fused-ring (bicyclic) bond motifs is 1. The minimum atomic E-state index is -0.968. The van der Waals surface area contributed by atoms with Crippen molar-refractivity contribution >= 4 is 23.5 Å². The van der Waals surface area contributed by atoms with Crippen LogP contribution in [0, 0.1) is 6.92 Å². The van der Waals surface area contributed by atoms with E-state index in [2.05, 4.69) is 9.97 Å². The third-order valence-corrected chi connectivity index (χ3v) is 6.28. The maximum absolute atomic E-state index is 13.4. The molecular weight excluding hydrogens is 458 g/mol. The molecule has 1 N–H and O–H groups in total. The highest BCUT2D eigenvalue weighted by Crippen LogP contribution is 2.28. The summed E-state index contributed by atoms with van der Waals surface area (Å²) < 4.78 is 6.27. The van der Waals surface area contributed by atoms with Crippen LogP contribution in [0.2, 0.25) is 0 Å². The van der Waals surface area contributed by atoms with Gasteiger partial charge < -0.3 is 24.5 Å². The minimum absolute atomic E-state index is 0.133. The maximum Gasteiger partial charge on any atom is 0.407 e. The van der Waals surface area contributed by atoms with E-state index in [0.717, 1.165) is 16.8 Å². The number of carbonyl (C=O) groups is 2. The van der Waals surface area contributed by atoms with Crippen LogP contribution in [0.3, 0.4) is 0 Å². The Hall–Kier alpha value is -3.98. The van der Waals surface area contributed by atoms with E-state index in [0.29, 0.717) is 49.9 Å². The minimum Gasteiger partial charge on any atom is -0.465 e. The zero-order valence-electron chi connectivity index (χ0n) is 20.8. The van der Waals surface area contributed by atoms with Crippen molar-refractivity contribution in [2.45, 2.75) is 26.1 Å². The fourth-order valence-electron chi connectivity index (χ4n) is 4.18. The summed E-state index contributed by atoms with van der Waals surface area (Å²) >= 11 is 0. The largest absolute Gasteiger partial charge is 0.465 e. The molecule has 1 aliphatic rings. The Kier molecular flexibility index (Phi) is 7.80. The molecule has 0 bridgehead atoms. The van der Waals surface area contributed by atoms with Crippen molar-refractivity contribution in [3.63, 3.8) is 0 Å². The van der Waals surface area contributed by atoms with Gasteiger partial charge >= 0.3 is 6.09 Å². The fraction of sp³-hybridized carbons (Fsp3) is 0.333. The van der Waals surface area contributed by atoms with Crippen LogP contribution in [-0.4, -0.2) is 65.7 Å². The summed E-state index contributed by atoms with van der Waals surface area (Å²) in [4.78, 5) is 38.3. The maximum atomic E-state index is 13.4. The smallest absolute Gasteiger partial charge is 0.407 e. The zero-order valence-corrected chi connectivity index (χ0v) is 20.8. The summed E-state index contributed by atoms with van der Waals surface area (Å²) in [6, 6.07) is 17.5. The molecule has 1 atom stereocenters. The van der Waals surface area contributed by atoms with Crippen LogP contribution in [0.1, 0.15) is 39.8 Å². The second-order valence-corrected chi connectivity index (χ2v) is 8.91. The van der Waals surface area contributed by atoms with E-state index in [1.54, 1.807) is 18.1 Å². The van der Waals surface area contributed by atoms with Gasteiger partial charge in [-0.1, -0.05) is 42.5 Å². The van der Waals surface area contributed by atoms with Crippen LogP contribution in [0.25, 0.3) is 0 Å². The van der Waals surface area contributed by atoms with Gasteiger partial charge in [0.15, 0.2) is 0 Å². The molecule has 1 aromatic heterocycles. The monoisotopic (exact) mass is 489 g/mol. The summed E-state index contributed by atoms with van der Waals surface area (Å²) in [5, 5.41) is 9.20. The molecule has 2 amide bonds. The topological polar surface area (TPSA) is 99.1 Å². The SMILES string of the molecule is Cc1ncc2c(n1)N(C)CCN(c1cccc(COC(CCN(C)C(=O)O)c3ccccc3)c1)C2=O. The van der Waals surface area contributed by atoms with Gasteiger partial charge in [0.25, 0.3) is 5.91 Å². The third-order valence-electron chi connectivity index (χ3n) is 6.28. The highest BCUT2D eigenvalue weighted by Gasteiger charge is 2.28. The Morgan fingerprint density at radius 2 is 1.94 bits per heavy atom. The lowest BCUT2D eigenvalue weighted by atomic mass is 10.1. The first-order chi connectivity index (χ1) is 17.3. The van der Waals surface area contributed by atoms with Gasteiger partial charge in [-0.15, -0.1) is 0 Å². The first-order valence-corrected chi connectivity index (χ1v) is 11.9. The number of rotatable bonds is 8. The van der Waals surface area contributed by atoms with Crippen molar-refractivity contribution in [3.8, 4) is 0 Å². The average Bonchev–Trinajstić information content (AvgIpc) is 3.00. The quantitative estimate of drug-likeness (QED) is 0.508. The molecule has 0 aliphatic carbocycles. The van der Waals surface area contributed by atoms with Crippen LogP contribution in [0.15, 0.2) is 60.8 Å². The van der Waals surface area contributed by atoms with E-state index in [1.165, 1.54) is 4.90 Å². The van der Waals surface area contributed by atoms with Crippen LogP contribution in [0.4, 0.5) is 16.3 Å². The van der Waals surface area contributed by atoms with E-state index in [-0.39, 0.29) is 12.0 Å². The number of aromatic nitrogens is 2. The number of anilines is 2. The molecule has 9 heteroatoms. The predicted molar refractivity (Wildman–Crippen MR) is 137 cm³/mol. The number of amides is 2. The van der Waals surface area contributed by atoms with Crippen molar-refractivity contribution in [1.29, 1.82) is 0 Å². The Labute approximate surface area is 211 Å². The van der Waals surface area contributed by atoms with Gasteiger partial charge in [-0.25, -0.2) is 14.8 Å². The van der Waals surface area contributed by atoms with Gasteiger partial charge in [-0.05, 0) is 36.6 Å². The van der Waals surface area contributed by atoms with Crippen molar-refractivity contribution < 1.29 is 19.4 Å². The van der Waals surface area contributed by atoms with Crippen LogP contribution >= 0.6 is 0 Å². The van der Waals surface area contributed by atoms with Crippen LogP contribution < -0.4 is 9.80 Å². The molecule has 1 aliphatic heterocycles. The third kappa shape index (κ3) is 5.80. The number of aryl methyl sites for hydroxylation is 1. The average molecular weight is 490 g/mol. The van der Waals surface area contributed by atoms with Gasteiger partial charge in [-0.3, -0.25) is 4.79 Å². The summed E-state index contributed by atoms with van der Waals surface area (Å²) in [6.07, 6.45) is 0.891. The molecule has 0 saturated carbocycles. The first kappa shape index (κ1) is 25.1. The number of nitrogens with zero attached hydrogens (tertiary/aromatic N) is 5. The molecule has 0 saturated heterocycles. The van der Waals surface area contributed by atoms with Gasteiger partial charge in [-0.2, -0.15) is 0 Å². The van der Waals surface area contributed by atoms with Gasteiger partial charge in [0.05, 0.1) is 12.7 Å². The predicted octanol–water partition coefficient (Wildman–Crippen LogP) is 4.14. The summed E-state index contributed by atoms with van der Waals surface area (Å²) in [5.74, 6) is 1.14. The zero-order chi connectivity index (χ0) is 25.7. The highest BCUT2D eigenvalue weighted by atomic mass is 16.5. The molecule has 0 fully saturated rings. The number of likely N-dealkylation sites (N-methyl/N-ethyl adjacent to an activating group) is 1. The molecule has 36 heavy (non-hydrogen) atoms. The highest BCUT2D eigenvalue weighted by molar-refractivity contribution is 6.09. The summed E-state index contributed by atoms with van der Waals surface area (Å²) in [7, 11) is 3.48. The molecule has 4 rings (SSSR count). The van der Waals surface area contributed by atoms with Crippen molar-refractivity contribution in [2.75, 3.05) is 43.5 Å². The molecule has 2 aromatic carbocycles. The van der Waals surface area contributed by atoms with E-state index in [4.69, 9.17) is 4.74 Å².